The number of anilines is 1. The van der Waals surface area contributed by atoms with Gasteiger partial charge in [-0.15, -0.1) is 0 Å². The highest BCUT2D eigenvalue weighted by Crippen LogP contribution is 2.35. The van der Waals surface area contributed by atoms with Crippen LogP contribution in [0.15, 0.2) is 30.5 Å². The fraction of sp³-hybridized carbons (Fsp3) is 0.167. The Morgan fingerprint density at radius 2 is 2.18 bits per heavy atom. The van der Waals surface area contributed by atoms with E-state index in [1.807, 2.05) is 18.2 Å². The van der Waals surface area contributed by atoms with Gasteiger partial charge in [-0.2, -0.15) is 0 Å². The van der Waals surface area contributed by atoms with Crippen molar-refractivity contribution in [2.75, 3.05) is 5.73 Å². The van der Waals surface area contributed by atoms with E-state index < -0.39 is 0 Å². The molecule has 5 heteroatoms. The first-order chi connectivity index (χ1) is 8.24. The third-order valence-electron chi connectivity index (χ3n) is 2.72. The molecule has 86 valence electrons. The molecule has 0 spiro atoms. The predicted octanol–water partition coefficient (Wildman–Crippen LogP) is 2.34. The first-order valence-corrected chi connectivity index (χ1v) is 6.34. The van der Waals surface area contributed by atoms with Gasteiger partial charge < -0.3 is 10.5 Å². The summed E-state index contributed by atoms with van der Waals surface area (Å²) >= 11 is 2.11. The highest BCUT2D eigenvalue weighted by molar-refractivity contribution is 14.1. The molecule has 2 aromatic rings. The minimum absolute atomic E-state index is 0.119. The highest BCUT2D eigenvalue weighted by atomic mass is 127. The fourth-order valence-corrected chi connectivity index (χ4v) is 2.14. The number of para-hydroxylation sites is 1. The summed E-state index contributed by atoms with van der Waals surface area (Å²) in [5, 5.41) is 0. The second kappa shape index (κ2) is 4.14. The van der Waals surface area contributed by atoms with Crippen molar-refractivity contribution in [1.82, 2.24) is 9.97 Å². The van der Waals surface area contributed by atoms with Gasteiger partial charge in [0.2, 0.25) is 0 Å². The summed E-state index contributed by atoms with van der Waals surface area (Å²) in [6, 6.07) is 7.99. The molecule has 2 N–H and O–H groups in total. The molecule has 0 saturated carbocycles. The Labute approximate surface area is 112 Å². The second-order valence-corrected chi connectivity index (χ2v) is 5.04. The van der Waals surface area contributed by atoms with E-state index in [9.17, 15) is 0 Å². The van der Waals surface area contributed by atoms with E-state index in [4.69, 9.17) is 10.5 Å². The van der Waals surface area contributed by atoms with Gasteiger partial charge in [-0.3, -0.25) is 0 Å². The Bertz CT molecular complexity index is 548. The standard InChI is InChI=1S/C12H10IN3O/c13-8-6-15-12(16-11(8)14)10-5-7-3-1-2-4-9(7)17-10/h1-4,6,10H,5H2,(H2,14,15,16). The fourth-order valence-electron chi connectivity index (χ4n) is 1.88. The topological polar surface area (TPSA) is 61.0 Å². The number of halogens is 1. The van der Waals surface area contributed by atoms with Crippen LogP contribution in [-0.2, 0) is 6.42 Å². The lowest BCUT2D eigenvalue weighted by molar-refractivity contribution is 0.227. The molecule has 0 saturated heterocycles. The molecule has 1 aliphatic rings. The van der Waals surface area contributed by atoms with Crippen molar-refractivity contribution in [3.05, 3.63) is 45.4 Å². The van der Waals surface area contributed by atoms with Gasteiger partial charge in [0.1, 0.15) is 11.6 Å². The zero-order valence-electron chi connectivity index (χ0n) is 8.93. The van der Waals surface area contributed by atoms with Gasteiger partial charge in [-0.05, 0) is 34.2 Å². The molecule has 2 heterocycles. The zero-order valence-corrected chi connectivity index (χ0v) is 11.1. The molecular formula is C12H10IN3O. The SMILES string of the molecule is Nc1nc(C2Cc3ccccc3O2)ncc1I. The van der Waals surface area contributed by atoms with Gasteiger partial charge in [0, 0.05) is 12.6 Å². The molecule has 0 radical (unpaired) electrons. The van der Waals surface area contributed by atoms with Crippen molar-refractivity contribution in [2.24, 2.45) is 0 Å². The second-order valence-electron chi connectivity index (χ2n) is 3.88. The number of hydrogen-bond donors (Lipinski definition) is 1. The van der Waals surface area contributed by atoms with Gasteiger partial charge in [0.15, 0.2) is 11.9 Å². The molecule has 0 amide bonds. The van der Waals surface area contributed by atoms with E-state index in [0.717, 1.165) is 15.7 Å². The maximum absolute atomic E-state index is 5.80. The summed E-state index contributed by atoms with van der Waals surface area (Å²) < 4.78 is 6.67. The van der Waals surface area contributed by atoms with Crippen molar-refractivity contribution in [2.45, 2.75) is 12.5 Å². The first kappa shape index (κ1) is 10.8. The first-order valence-electron chi connectivity index (χ1n) is 5.26. The molecule has 1 aliphatic heterocycles. The van der Waals surface area contributed by atoms with Crippen LogP contribution < -0.4 is 10.5 Å². The molecule has 0 fully saturated rings. The third-order valence-corrected chi connectivity index (χ3v) is 3.56. The van der Waals surface area contributed by atoms with Crippen LogP contribution in [0.5, 0.6) is 5.75 Å². The summed E-state index contributed by atoms with van der Waals surface area (Å²) in [5.41, 5.74) is 6.97. The lowest BCUT2D eigenvalue weighted by atomic mass is 10.1. The minimum Gasteiger partial charge on any atom is -0.482 e. The number of ether oxygens (including phenoxy) is 1. The van der Waals surface area contributed by atoms with Crippen LogP contribution in [0.1, 0.15) is 17.5 Å². The number of aromatic nitrogens is 2. The molecule has 0 aliphatic carbocycles. The van der Waals surface area contributed by atoms with Crippen LogP contribution in [0, 0.1) is 3.57 Å². The summed E-state index contributed by atoms with van der Waals surface area (Å²) in [6.07, 6.45) is 2.41. The van der Waals surface area contributed by atoms with E-state index in [1.54, 1.807) is 6.20 Å². The third kappa shape index (κ3) is 1.95. The average Bonchev–Trinajstić information content (AvgIpc) is 2.76. The minimum atomic E-state index is -0.119. The van der Waals surface area contributed by atoms with Crippen molar-refractivity contribution in [3.63, 3.8) is 0 Å². The van der Waals surface area contributed by atoms with Crippen molar-refractivity contribution in [1.29, 1.82) is 0 Å². The summed E-state index contributed by atoms with van der Waals surface area (Å²) in [7, 11) is 0. The van der Waals surface area contributed by atoms with Gasteiger partial charge in [0.05, 0.1) is 3.57 Å². The molecule has 3 rings (SSSR count). The molecule has 1 unspecified atom stereocenters. The van der Waals surface area contributed by atoms with E-state index in [-0.39, 0.29) is 6.10 Å². The predicted molar refractivity (Wildman–Crippen MR) is 72.7 cm³/mol. The van der Waals surface area contributed by atoms with Crippen molar-refractivity contribution >= 4 is 28.4 Å². The number of rotatable bonds is 1. The lowest BCUT2D eigenvalue weighted by Crippen LogP contribution is -2.10. The number of fused-ring (bicyclic) bond motifs is 1. The van der Waals surface area contributed by atoms with E-state index in [2.05, 4.69) is 38.6 Å². The number of nitrogens with two attached hydrogens (primary N) is 1. The lowest BCUT2D eigenvalue weighted by Gasteiger charge is -2.09. The molecule has 4 nitrogen and oxygen atoms in total. The van der Waals surface area contributed by atoms with Gasteiger partial charge in [-0.25, -0.2) is 9.97 Å². The van der Waals surface area contributed by atoms with E-state index in [1.165, 1.54) is 5.56 Å². The van der Waals surface area contributed by atoms with Crippen LogP contribution in [0.2, 0.25) is 0 Å². The largest absolute Gasteiger partial charge is 0.482 e. The van der Waals surface area contributed by atoms with Crippen molar-refractivity contribution < 1.29 is 4.74 Å². The van der Waals surface area contributed by atoms with Crippen LogP contribution in [-0.4, -0.2) is 9.97 Å². The molecule has 0 bridgehead atoms. The molecule has 1 atom stereocenters. The van der Waals surface area contributed by atoms with Gasteiger partial charge in [0.25, 0.3) is 0 Å². The smallest absolute Gasteiger partial charge is 0.171 e. The van der Waals surface area contributed by atoms with E-state index >= 15 is 0 Å². The Balaban J connectivity index is 1.91. The maximum atomic E-state index is 5.80. The normalized spacial score (nSPS) is 17.6. The van der Waals surface area contributed by atoms with Gasteiger partial charge >= 0.3 is 0 Å². The summed E-state index contributed by atoms with van der Waals surface area (Å²) in [4.78, 5) is 8.55. The monoisotopic (exact) mass is 339 g/mol. The number of nitrogen functional groups attached to an aromatic ring is 1. The Kier molecular flexibility index (Phi) is 2.62. The van der Waals surface area contributed by atoms with Crippen LogP contribution in [0.3, 0.4) is 0 Å². The molecule has 1 aromatic carbocycles. The zero-order chi connectivity index (χ0) is 11.8. The Hall–Kier alpha value is -1.37. The number of nitrogens with zero attached hydrogens (tertiary/aromatic N) is 2. The van der Waals surface area contributed by atoms with Gasteiger partial charge in [-0.1, -0.05) is 18.2 Å². The van der Waals surface area contributed by atoms with E-state index in [0.29, 0.717) is 11.6 Å². The molecular weight excluding hydrogens is 329 g/mol. The van der Waals surface area contributed by atoms with Crippen LogP contribution in [0.25, 0.3) is 0 Å². The van der Waals surface area contributed by atoms with Crippen molar-refractivity contribution in [3.8, 4) is 5.75 Å². The molecule has 1 aromatic heterocycles. The number of hydrogen-bond acceptors (Lipinski definition) is 4. The average molecular weight is 339 g/mol. The van der Waals surface area contributed by atoms with Crippen LogP contribution in [0.4, 0.5) is 5.82 Å². The quantitative estimate of drug-likeness (QED) is 0.811. The number of benzene rings is 1. The molecule has 17 heavy (non-hydrogen) atoms. The Morgan fingerprint density at radius 1 is 1.35 bits per heavy atom. The Morgan fingerprint density at radius 3 is 2.94 bits per heavy atom. The highest BCUT2D eigenvalue weighted by Gasteiger charge is 2.26. The van der Waals surface area contributed by atoms with Crippen LogP contribution >= 0.6 is 22.6 Å². The summed E-state index contributed by atoms with van der Waals surface area (Å²) in [5.74, 6) is 2.08. The maximum Gasteiger partial charge on any atom is 0.171 e. The summed E-state index contributed by atoms with van der Waals surface area (Å²) in [6.45, 7) is 0.